The molecular weight excluding hydrogens is 550 g/mol. The number of likely N-dealkylation sites (N-methyl/N-ethyl adjacent to an activating group) is 1. The first-order chi connectivity index (χ1) is 20.2. The lowest BCUT2D eigenvalue weighted by molar-refractivity contribution is 0.207. The van der Waals surface area contributed by atoms with Gasteiger partial charge in [0.1, 0.15) is 5.75 Å². The summed E-state index contributed by atoms with van der Waals surface area (Å²) < 4.78 is 0. The lowest BCUT2D eigenvalue weighted by Gasteiger charge is -2.23. The number of nitrogens with one attached hydrogen (secondary N) is 1. The van der Waals surface area contributed by atoms with E-state index >= 15 is 0 Å². The Morgan fingerprint density at radius 1 is 1.05 bits per heavy atom. The summed E-state index contributed by atoms with van der Waals surface area (Å²) in [5, 5.41) is 14.7. The van der Waals surface area contributed by atoms with E-state index in [1.165, 1.54) is 6.42 Å². The smallest absolute Gasteiger partial charge is 0.324 e. The van der Waals surface area contributed by atoms with E-state index in [1.807, 2.05) is 53.1 Å². The van der Waals surface area contributed by atoms with Crippen LogP contribution in [0.25, 0.3) is 22.0 Å². The molecule has 0 bridgehead atoms. The van der Waals surface area contributed by atoms with Crippen molar-refractivity contribution in [1.82, 2.24) is 24.7 Å². The maximum atomic E-state index is 13.1. The standard InChI is InChI=1S/C32H36ClN7O2/c1-21-16-22(28-18-27(41)8-9-29(28)33)17-23-19-34-31(36-30(21)23)35-24-4-6-25(7-5-24)40-15-14-39(32(40)42)13-12-38-11-10-26(20-38)37(2)3/h4-9,16-19,26,41H,10-15,20H2,1-3H3,(H,34,35,36). The fraction of sp³-hybridized carbons (Fsp3) is 0.344. The summed E-state index contributed by atoms with van der Waals surface area (Å²) in [6, 6.07) is 17.4. The van der Waals surface area contributed by atoms with Gasteiger partial charge < -0.3 is 20.2 Å². The van der Waals surface area contributed by atoms with Gasteiger partial charge in [-0.3, -0.25) is 9.80 Å². The zero-order valence-corrected chi connectivity index (χ0v) is 25.0. The van der Waals surface area contributed by atoms with Crippen molar-refractivity contribution in [2.75, 3.05) is 63.6 Å². The molecule has 9 nitrogen and oxygen atoms in total. The number of carbonyl (C=O) groups excluding carboxylic acids is 1. The van der Waals surface area contributed by atoms with Crippen LogP contribution in [0, 0.1) is 6.92 Å². The quantitative estimate of drug-likeness (QED) is 0.279. The summed E-state index contributed by atoms with van der Waals surface area (Å²) in [7, 11) is 4.28. The fourth-order valence-electron chi connectivity index (χ4n) is 5.86. The maximum absolute atomic E-state index is 13.1. The summed E-state index contributed by atoms with van der Waals surface area (Å²) >= 11 is 6.39. The van der Waals surface area contributed by atoms with E-state index in [4.69, 9.17) is 16.6 Å². The number of nitrogens with zero attached hydrogens (tertiary/aromatic N) is 6. The molecule has 2 amide bonds. The highest BCUT2D eigenvalue weighted by Gasteiger charge is 2.31. The SMILES string of the molecule is Cc1cc(-c2cc(O)ccc2Cl)cc2cnc(Nc3ccc(N4CCN(CCN5CCC(N(C)C)C5)C4=O)cc3)nc12. The van der Waals surface area contributed by atoms with E-state index < -0.39 is 0 Å². The highest BCUT2D eigenvalue weighted by molar-refractivity contribution is 6.33. The van der Waals surface area contributed by atoms with E-state index in [0.717, 1.165) is 71.7 Å². The molecule has 2 aliphatic rings. The minimum Gasteiger partial charge on any atom is -0.508 e. The minimum absolute atomic E-state index is 0.0683. The molecule has 2 saturated heterocycles. The number of carbonyl (C=O) groups is 1. The van der Waals surface area contributed by atoms with Crippen LogP contribution in [-0.4, -0.2) is 95.2 Å². The summed E-state index contributed by atoms with van der Waals surface area (Å²) in [5.41, 5.74) is 5.18. The molecule has 1 atom stereocenters. The minimum atomic E-state index is 0.0683. The average molecular weight is 586 g/mol. The predicted octanol–water partition coefficient (Wildman–Crippen LogP) is 5.59. The number of fused-ring (bicyclic) bond motifs is 1. The topological polar surface area (TPSA) is 88.1 Å². The molecule has 0 spiro atoms. The van der Waals surface area contributed by atoms with Crippen LogP contribution in [0.5, 0.6) is 5.75 Å². The second kappa shape index (κ2) is 11.8. The number of hydrogen-bond donors (Lipinski definition) is 2. The van der Waals surface area contributed by atoms with Crippen LogP contribution in [-0.2, 0) is 0 Å². The number of aromatic nitrogens is 2. The summed E-state index contributed by atoms with van der Waals surface area (Å²) in [6.07, 6.45) is 2.97. The maximum Gasteiger partial charge on any atom is 0.324 e. The highest BCUT2D eigenvalue weighted by atomic mass is 35.5. The molecule has 2 aliphatic heterocycles. The lowest BCUT2D eigenvalue weighted by atomic mass is 10.0. The zero-order valence-electron chi connectivity index (χ0n) is 24.2. The highest BCUT2D eigenvalue weighted by Crippen LogP contribution is 2.34. The molecule has 4 aromatic rings. The van der Waals surface area contributed by atoms with Crippen LogP contribution in [0.15, 0.2) is 60.8 Å². The lowest BCUT2D eigenvalue weighted by Crippen LogP contribution is -2.38. The molecule has 218 valence electrons. The number of likely N-dealkylation sites (tertiary alicyclic amines) is 1. The average Bonchev–Trinajstić information content (AvgIpc) is 3.61. The molecule has 1 unspecified atom stereocenters. The van der Waals surface area contributed by atoms with Crippen molar-refractivity contribution in [3.8, 4) is 16.9 Å². The Morgan fingerprint density at radius 2 is 1.86 bits per heavy atom. The number of hydrogen-bond acceptors (Lipinski definition) is 7. The molecule has 42 heavy (non-hydrogen) atoms. The predicted molar refractivity (Wildman–Crippen MR) is 169 cm³/mol. The largest absolute Gasteiger partial charge is 0.508 e. The fourth-order valence-corrected chi connectivity index (χ4v) is 6.08. The monoisotopic (exact) mass is 585 g/mol. The van der Waals surface area contributed by atoms with Crippen molar-refractivity contribution in [2.24, 2.45) is 0 Å². The molecule has 10 heteroatoms. The number of phenolic OH excluding ortho intramolecular Hbond substituents is 1. The van der Waals surface area contributed by atoms with Gasteiger partial charge in [-0.2, -0.15) is 0 Å². The number of rotatable bonds is 8. The molecule has 1 aromatic heterocycles. The Hall–Kier alpha value is -3.92. The van der Waals surface area contributed by atoms with Gasteiger partial charge in [0.25, 0.3) is 0 Å². The molecule has 3 aromatic carbocycles. The van der Waals surface area contributed by atoms with E-state index in [2.05, 4.69) is 34.2 Å². The molecule has 6 rings (SSSR count). The number of halogens is 1. The second-order valence-corrected chi connectivity index (χ2v) is 11.8. The van der Waals surface area contributed by atoms with E-state index in [0.29, 0.717) is 23.6 Å². The third-order valence-corrected chi connectivity index (χ3v) is 8.66. The van der Waals surface area contributed by atoms with Crippen molar-refractivity contribution in [1.29, 1.82) is 0 Å². The van der Waals surface area contributed by atoms with E-state index in [9.17, 15) is 9.90 Å². The Balaban J connectivity index is 1.09. The normalized spacial score (nSPS) is 17.6. The Bertz CT molecular complexity index is 1610. The number of benzene rings is 3. The Morgan fingerprint density at radius 3 is 2.62 bits per heavy atom. The van der Waals surface area contributed by atoms with Gasteiger partial charge >= 0.3 is 6.03 Å². The van der Waals surface area contributed by atoms with Crippen LogP contribution in [0.1, 0.15) is 12.0 Å². The van der Waals surface area contributed by atoms with Crippen LogP contribution >= 0.6 is 11.6 Å². The molecule has 0 aliphatic carbocycles. The second-order valence-electron chi connectivity index (χ2n) is 11.4. The van der Waals surface area contributed by atoms with E-state index in [-0.39, 0.29) is 11.8 Å². The summed E-state index contributed by atoms with van der Waals surface area (Å²) in [6.45, 7) is 7.28. The van der Waals surface area contributed by atoms with Crippen LogP contribution in [0.3, 0.4) is 0 Å². The van der Waals surface area contributed by atoms with Crippen molar-refractivity contribution in [2.45, 2.75) is 19.4 Å². The van der Waals surface area contributed by atoms with Crippen molar-refractivity contribution in [3.05, 3.63) is 71.4 Å². The first-order valence-corrected chi connectivity index (χ1v) is 14.7. The number of phenols is 1. The molecule has 3 heterocycles. The van der Waals surface area contributed by atoms with Crippen LogP contribution < -0.4 is 10.2 Å². The van der Waals surface area contributed by atoms with Gasteiger partial charge in [-0.05, 0) is 99.7 Å². The number of aromatic hydroxyl groups is 1. The summed E-state index contributed by atoms with van der Waals surface area (Å²) in [5.74, 6) is 0.652. The van der Waals surface area contributed by atoms with Crippen molar-refractivity contribution >= 4 is 45.9 Å². The molecule has 0 saturated carbocycles. The molecule has 0 radical (unpaired) electrons. The third kappa shape index (κ3) is 5.86. The van der Waals surface area contributed by atoms with E-state index in [1.54, 1.807) is 24.4 Å². The molecule has 2 fully saturated rings. The van der Waals surface area contributed by atoms with Crippen molar-refractivity contribution < 1.29 is 9.90 Å². The van der Waals surface area contributed by atoms with Gasteiger partial charge in [0, 0.05) is 72.3 Å². The number of anilines is 3. The zero-order chi connectivity index (χ0) is 29.4. The number of amides is 2. The van der Waals surface area contributed by atoms with Gasteiger partial charge in [0.05, 0.1) is 5.52 Å². The van der Waals surface area contributed by atoms with Crippen LogP contribution in [0.4, 0.5) is 22.1 Å². The Labute approximate surface area is 251 Å². The van der Waals surface area contributed by atoms with Gasteiger partial charge in [-0.25, -0.2) is 14.8 Å². The first-order valence-electron chi connectivity index (χ1n) is 14.3. The van der Waals surface area contributed by atoms with Gasteiger partial charge in [0.15, 0.2) is 0 Å². The third-order valence-electron chi connectivity index (χ3n) is 8.33. The number of aryl methyl sites for hydroxylation is 1. The van der Waals surface area contributed by atoms with Crippen molar-refractivity contribution in [3.63, 3.8) is 0 Å². The molecular formula is C32H36ClN7O2. The van der Waals surface area contributed by atoms with Gasteiger partial charge in [-0.1, -0.05) is 11.6 Å². The Kier molecular flexibility index (Phi) is 7.90. The van der Waals surface area contributed by atoms with Gasteiger partial charge in [0.2, 0.25) is 5.95 Å². The van der Waals surface area contributed by atoms with Crippen LogP contribution in [0.2, 0.25) is 5.02 Å². The number of urea groups is 1. The first kappa shape index (κ1) is 28.2. The molecule has 2 N–H and O–H groups in total. The summed E-state index contributed by atoms with van der Waals surface area (Å²) in [4.78, 5) is 31.0. The van der Waals surface area contributed by atoms with Gasteiger partial charge in [-0.15, -0.1) is 0 Å².